The molecular formula is C16H11Cl2FN4O2. The molecule has 0 aliphatic carbocycles. The molecule has 3 rings (SSSR count). The summed E-state index contributed by atoms with van der Waals surface area (Å²) in [6.07, 6.45) is 0. The molecule has 0 spiro atoms. The first-order chi connectivity index (χ1) is 12.0. The number of H-pyrrole nitrogens is 1. The highest BCUT2D eigenvalue weighted by Gasteiger charge is 2.19. The molecule has 0 saturated carbocycles. The number of amides is 1. The summed E-state index contributed by atoms with van der Waals surface area (Å²) in [5.74, 6) is -0.785. The third kappa shape index (κ3) is 3.72. The molecule has 1 aromatic heterocycles. The highest BCUT2D eigenvalue weighted by molar-refractivity contribution is 6.31. The molecule has 1 heterocycles. The summed E-state index contributed by atoms with van der Waals surface area (Å²) in [5.41, 5.74) is 6.51. The van der Waals surface area contributed by atoms with Crippen molar-refractivity contribution in [2.45, 2.75) is 6.61 Å². The molecule has 0 unspecified atom stereocenters. The van der Waals surface area contributed by atoms with Gasteiger partial charge in [-0.05, 0) is 30.3 Å². The van der Waals surface area contributed by atoms with Crippen LogP contribution in [-0.2, 0) is 6.61 Å². The number of nitrogens with two attached hydrogens (primary N) is 1. The number of carbonyl (C=O) groups excluding carboxylic acids is 1. The fourth-order valence-corrected chi connectivity index (χ4v) is 2.59. The van der Waals surface area contributed by atoms with Crippen molar-refractivity contribution >= 4 is 29.1 Å². The smallest absolute Gasteiger partial charge is 0.271 e. The van der Waals surface area contributed by atoms with E-state index < -0.39 is 11.7 Å². The van der Waals surface area contributed by atoms with Crippen LogP contribution in [0.4, 0.5) is 4.39 Å². The predicted molar refractivity (Wildman–Crippen MR) is 91.1 cm³/mol. The van der Waals surface area contributed by atoms with Crippen molar-refractivity contribution in [3.63, 3.8) is 0 Å². The molecule has 9 heteroatoms. The van der Waals surface area contributed by atoms with Crippen molar-refractivity contribution in [1.29, 1.82) is 0 Å². The molecule has 0 radical (unpaired) electrons. The van der Waals surface area contributed by atoms with E-state index in [9.17, 15) is 9.18 Å². The maximum Gasteiger partial charge on any atom is 0.271 e. The van der Waals surface area contributed by atoms with E-state index in [1.165, 1.54) is 18.2 Å². The first-order valence-electron chi connectivity index (χ1n) is 7.03. The Morgan fingerprint density at radius 3 is 2.72 bits per heavy atom. The third-order valence-electron chi connectivity index (χ3n) is 3.38. The van der Waals surface area contributed by atoms with Crippen LogP contribution in [0.15, 0.2) is 36.4 Å². The van der Waals surface area contributed by atoms with Crippen molar-refractivity contribution in [3.05, 3.63) is 63.5 Å². The van der Waals surface area contributed by atoms with Crippen LogP contribution in [-0.4, -0.2) is 21.3 Å². The Labute approximate surface area is 151 Å². The van der Waals surface area contributed by atoms with Crippen LogP contribution in [0.1, 0.15) is 16.1 Å². The molecule has 0 atom stereocenters. The average Bonchev–Trinajstić information content (AvgIpc) is 3.04. The van der Waals surface area contributed by atoms with Crippen LogP contribution in [0.2, 0.25) is 10.0 Å². The van der Waals surface area contributed by atoms with E-state index in [4.69, 9.17) is 33.7 Å². The molecular weight excluding hydrogens is 370 g/mol. The van der Waals surface area contributed by atoms with Gasteiger partial charge in [0.05, 0.1) is 5.02 Å². The van der Waals surface area contributed by atoms with E-state index in [2.05, 4.69) is 15.4 Å². The maximum absolute atomic E-state index is 13.1. The second-order valence-corrected chi connectivity index (χ2v) is 5.89. The molecule has 0 aliphatic heterocycles. The molecule has 0 fully saturated rings. The van der Waals surface area contributed by atoms with Crippen molar-refractivity contribution < 1.29 is 13.9 Å². The minimum absolute atomic E-state index is 0.0352. The third-order valence-corrected chi connectivity index (χ3v) is 3.96. The predicted octanol–water partition coefficient (Wildman–Crippen LogP) is 3.60. The summed E-state index contributed by atoms with van der Waals surface area (Å²) in [6.45, 7) is 0.0809. The number of aromatic amines is 1. The zero-order chi connectivity index (χ0) is 18.0. The van der Waals surface area contributed by atoms with Gasteiger partial charge in [0, 0.05) is 16.1 Å². The summed E-state index contributed by atoms with van der Waals surface area (Å²) in [4.78, 5) is 11.5. The van der Waals surface area contributed by atoms with Crippen molar-refractivity contribution in [3.8, 4) is 17.0 Å². The Kier molecular flexibility index (Phi) is 4.87. The first-order valence-corrected chi connectivity index (χ1v) is 7.78. The summed E-state index contributed by atoms with van der Waals surface area (Å²) in [7, 11) is 0. The number of ether oxygens (including phenoxy) is 1. The molecule has 128 valence electrons. The lowest BCUT2D eigenvalue weighted by Gasteiger charge is -2.12. The zero-order valence-corrected chi connectivity index (χ0v) is 14.1. The largest absolute Gasteiger partial charge is 0.488 e. The molecule has 0 aliphatic rings. The van der Waals surface area contributed by atoms with Gasteiger partial charge in [0.25, 0.3) is 5.91 Å². The Hall–Kier alpha value is -2.64. The number of carbonyl (C=O) groups is 1. The van der Waals surface area contributed by atoms with Gasteiger partial charge in [0.2, 0.25) is 0 Å². The number of halogens is 3. The highest BCUT2D eigenvalue weighted by Crippen LogP contribution is 2.33. The van der Waals surface area contributed by atoms with Gasteiger partial charge in [-0.3, -0.25) is 4.79 Å². The van der Waals surface area contributed by atoms with E-state index in [-0.39, 0.29) is 23.0 Å². The van der Waals surface area contributed by atoms with E-state index in [0.717, 1.165) is 0 Å². The number of nitrogens with one attached hydrogen (secondary N) is 1. The minimum atomic E-state index is -0.740. The summed E-state index contributed by atoms with van der Waals surface area (Å²) in [5, 5.41) is 10.7. The van der Waals surface area contributed by atoms with Gasteiger partial charge in [0.1, 0.15) is 23.9 Å². The normalized spacial score (nSPS) is 10.7. The van der Waals surface area contributed by atoms with Gasteiger partial charge >= 0.3 is 0 Å². The van der Waals surface area contributed by atoms with Crippen LogP contribution in [0.3, 0.4) is 0 Å². The zero-order valence-electron chi connectivity index (χ0n) is 12.6. The molecule has 3 N–H and O–H groups in total. The van der Waals surface area contributed by atoms with E-state index in [1.54, 1.807) is 18.2 Å². The number of benzene rings is 2. The fraction of sp³-hybridized carbons (Fsp3) is 0.0625. The van der Waals surface area contributed by atoms with Crippen LogP contribution >= 0.6 is 23.2 Å². The van der Waals surface area contributed by atoms with Crippen molar-refractivity contribution in [2.24, 2.45) is 5.73 Å². The number of hydrogen-bond acceptors (Lipinski definition) is 4. The molecule has 6 nitrogen and oxygen atoms in total. The first kappa shape index (κ1) is 17.2. The SMILES string of the molecule is NC(=O)c1n[nH]nc1-c1cc(Cl)ccc1OCc1ccc(F)cc1Cl. The lowest BCUT2D eigenvalue weighted by Crippen LogP contribution is -2.13. The number of hydrogen-bond donors (Lipinski definition) is 2. The van der Waals surface area contributed by atoms with Gasteiger partial charge < -0.3 is 10.5 Å². The standard InChI is InChI=1S/C16H11Cl2FN4O2/c17-9-2-4-13(25-7-8-1-3-10(19)6-12(8)18)11(5-9)14-15(16(20)24)22-23-21-14/h1-6H,7H2,(H2,20,24)(H,21,22,23). The quantitative estimate of drug-likeness (QED) is 0.706. The molecule has 0 bridgehead atoms. The molecule has 25 heavy (non-hydrogen) atoms. The summed E-state index contributed by atoms with van der Waals surface area (Å²) in [6, 6.07) is 8.83. The van der Waals surface area contributed by atoms with E-state index in [0.29, 0.717) is 21.9 Å². The Balaban J connectivity index is 1.94. The average molecular weight is 381 g/mol. The van der Waals surface area contributed by atoms with Gasteiger partial charge in [-0.25, -0.2) is 4.39 Å². The van der Waals surface area contributed by atoms with Gasteiger partial charge in [0.15, 0.2) is 5.69 Å². The van der Waals surface area contributed by atoms with Crippen LogP contribution in [0.5, 0.6) is 5.75 Å². The maximum atomic E-state index is 13.1. The van der Waals surface area contributed by atoms with Gasteiger partial charge in [-0.15, -0.1) is 0 Å². The number of rotatable bonds is 5. The van der Waals surface area contributed by atoms with Crippen LogP contribution in [0.25, 0.3) is 11.3 Å². The second kappa shape index (κ2) is 7.08. The van der Waals surface area contributed by atoms with Gasteiger partial charge in [-0.1, -0.05) is 29.3 Å². The van der Waals surface area contributed by atoms with Crippen LogP contribution in [0, 0.1) is 5.82 Å². The fourth-order valence-electron chi connectivity index (χ4n) is 2.20. The number of primary amides is 1. The Bertz CT molecular complexity index is 946. The lowest BCUT2D eigenvalue weighted by atomic mass is 10.1. The molecule has 2 aromatic carbocycles. The summed E-state index contributed by atoms with van der Waals surface area (Å²) < 4.78 is 18.9. The van der Waals surface area contributed by atoms with E-state index >= 15 is 0 Å². The van der Waals surface area contributed by atoms with Crippen molar-refractivity contribution in [2.75, 3.05) is 0 Å². The van der Waals surface area contributed by atoms with Gasteiger partial charge in [-0.2, -0.15) is 15.4 Å². The molecule has 0 saturated heterocycles. The Morgan fingerprint density at radius 1 is 1.20 bits per heavy atom. The number of aromatic nitrogens is 3. The van der Waals surface area contributed by atoms with E-state index in [1.807, 2.05) is 0 Å². The summed E-state index contributed by atoms with van der Waals surface area (Å²) >= 11 is 12.0. The molecule has 3 aromatic rings. The topological polar surface area (TPSA) is 93.9 Å². The number of nitrogens with zero attached hydrogens (tertiary/aromatic N) is 2. The highest BCUT2D eigenvalue weighted by atomic mass is 35.5. The van der Waals surface area contributed by atoms with Crippen molar-refractivity contribution in [1.82, 2.24) is 15.4 Å². The Morgan fingerprint density at radius 2 is 2.00 bits per heavy atom. The lowest BCUT2D eigenvalue weighted by molar-refractivity contribution is 0.0996. The minimum Gasteiger partial charge on any atom is -0.488 e. The van der Waals surface area contributed by atoms with Crippen LogP contribution < -0.4 is 10.5 Å². The second-order valence-electron chi connectivity index (χ2n) is 5.05. The monoisotopic (exact) mass is 380 g/mol. The molecule has 1 amide bonds.